The molecule has 0 saturated carbocycles. The van der Waals surface area contributed by atoms with Gasteiger partial charge in [0.05, 0.1) is 16.6 Å². The van der Waals surface area contributed by atoms with Crippen molar-refractivity contribution in [2.75, 3.05) is 11.9 Å². The van der Waals surface area contributed by atoms with Gasteiger partial charge in [0.1, 0.15) is 18.2 Å². The third-order valence-electron chi connectivity index (χ3n) is 4.67. The molecule has 0 aromatic heterocycles. The number of anilines is 1. The van der Waals surface area contributed by atoms with Crippen LogP contribution < -0.4 is 14.8 Å². The molecule has 9 heteroatoms. The van der Waals surface area contributed by atoms with Gasteiger partial charge in [0.2, 0.25) is 0 Å². The highest BCUT2D eigenvalue weighted by molar-refractivity contribution is 9.10. The lowest BCUT2D eigenvalue weighted by Crippen LogP contribution is -2.14. The van der Waals surface area contributed by atoms with Crippen molar-refractivity contribution in [3.05, 3.63) is 91.9 Å². The zero-order valence-corrected chi connectivity index (χ0v) is 21.7. The van der Waals surface area contributed by atoms with Gasteiger partial charge in [-0.3, -0.25) is 4.79 Å². The summed E-state index contributed by atoms with van der Waals surface area (Å²) in [5.41, 5.74) is 1.64. The number of hydrogen-bond acceptors (Lipinski definition) is 5. The molecule has 0 bridgehead atoms. The Kier molecular flexibility index (Phi) is 9.06. The Morgan fingerprint density at radius 3 is 2.49 bits per heavy atom. The molecule has 0 aliphatic rings. The average molecular weight is 600 g/mol. The Labute approximate surface area is 219 Å². The molecule has 1 amide bonds. The lowest BCUT2D eigenvalue weighted by molar-refractivity contribution is -0.112. The summed E-state index contributed by atoms with van der Waals surface area (Å²) in [5, 5.41) is 21.2. The predicted octanol–water partition coefficient (Wildman–Crippen LogP) is 6.43. The van der Waals surface area contributed by atoms with Crippen molar-refractivity contribution in [2.45, 2.75) is 13.5 Å². The first-order valence-corrected chi connectivity index (χ1v) is 12.0. The van der Waals surface area contributed by atoms with Crippen LogP contribution in [-0.2, 0) is 11.4 Å². The number of nitriles is 1. The molecule has 0 aliphatic carbocycles. The SMILES string of the molecule is CCOc1cc(/C=C(/C#N)C(=O)Nc2cccc(C(=O)O)c2)cc(Br)c1OCc1ccc(Br)cc1. The van der Waals surface area contributed by atoms with E-state index in [9.17, 15) is 14.9 Å². The van der Waals surface area contributed by atoms with Crippen LogP contribution in [0.4, 0.5) is 5.69 Å². The molecule has 0 radical (unpaired) electrons. The van der Waals surface area contributed by atoms with Gasteiger partial charge in [-0.1, -0.05) is 34.1 Å². The molecule has 0 aliphatic heterocycles. The molecule has 7 nitrogen and oxygen atoms in total. The van der Waals surface area contributed by atoms with Crippen molar-refractivity contribution in [1.29, 1.82) is 5.26 Å². The number of aromatic carboxylic acids is 1. The number of hydrogen-bond donors (Lipinski definition) is 2. The number of nitrogens with one attached hydrogen (secondary N) is 1. The molecule has 3 aromatic rings. The maximum absolute atomic E-state index is 12.7. The monoisotopic (exact) mass is 598 g/mol. The second kappa shape index (κ2) is 12.2. The number of halogens is 2. The molecule has 2 N–H and O–H groups in total. The minimum Gasteiger partial charge on any atom is -0.490 e. The van der Waals surface area contributed by atoms with Crippen molar-refractivity contribution in [3.63, 3.8) is 0 Å². The Balaban J connectivity index is 1.84. The van der Waals surface area contributed by atoms with Crippen molar-refractivity contribution < 1.29 is 24.2 Å². The van der Waals surface area contributed by atoms with Crippen LogP contribution in [0.3, 0.4) is 0 Å². The average Bonchev–Trinajstić information content (AvgIpc) is 2.83. The number of amides is 1. The largest absolute Gasteiger partial charge is 0.490 e. The van der Waals surface area contributed by atoms with E-state index in [0.717, 1.165) is 10.0 Å². The molecule has 0 unspecified atom stereocenters. The Morgan fingerprint density at radius 2 is 1.83 bits per heavy atom. The van der Waals surface area contributed by atoms with Gasteiger partial charge in [0.15, 0.2) is 11.5 Å². The molecule has 3 aromatic carbocycles. The van der Waals surface area contributed by atoms with E-state index in [0.29, 0.717) is 34.7 Å². The minimum atomic E-state index is -1.12. The van der Waals surface area contributed by atoms with E-state index in [4.69, 9.17) is 14.6 Å². The van der Waals surface area contributed by atoms with E-state index < -0.39 is 11.9 Å². The second-order valence-electron chi connectivity index (χ2n) is 7.19. The first-order chi connectivity index (χ1) is 16.8. The second-order valence-corrected chi connectivity index (χ2v) is 8.96. The molecular formula is C26H20Br2N2O5. The summed E-state index contributed by atoms with van der Waals surface area (Å²) >= 11 is 6.90. The van der Waals surface area contributed by atoms with Gasteiger partial charge in [-0.2, -0.15) is 5.26 Å². The van der Waals surface area contributed by atoms with Crippen LogP contribution in [0.15, 0.2) is 75.2 Å². The molecule has 0 fully saturated rings. The van der Waals surface area contributed by atoms with Gasteiger partial charge in [-0.05, 0) is 82.5 Å². The molecular weight excluding hydrogens is 580 g/mol. The Hall–Kier alpha value is -3.61. The van der Waals surface area contributed by atoms with Crippen molar-refractivity contribution in [1.82, 2.24) is 0 Å². The number of carboxylic acid groups (broad SMARTS) is 1. The van der Waals surface area contributed by atoms with Crippen LogP contribution in [0.5, 0.6) is 11.5 Å². The summed E-state index contributed by atoms with van der Waals surface area (Å²) in [5.74, 6) is -0.829. The van der Waals surface area contributed by atoms with E-state index in [1.807, 2.05) is 37.3 Å². The fourth-order valence-electron chi connectivity index (χ4n) is 3.05. The maximum Gasteiger partial charge on any atom is 0.335 e. The third-order valence-corrected chi connectivity index (χ3v) is 5.79. The van der Waals surface area contributed by atoms with Gasteiger partial charge in [-0.25, -0.2) is 4.79 Å². The van der Waals surface area contributed by atoms with Gasteiger partial charge < -0.3 is 19.9 Å². The molecule has 0 saturated heterocycles. The highest BCUT2D eigenvalue weighted by Crippen LogP contribution is 2.38. The standard InChI is InChI=1S/C26H20Br2N2O5/c1-2-34-23-12-17(11-22(28)24(23)35-15-16-6-8-20(27)9-7-16)10-19(14-29)25(31)30-21-5-3-4-18(13-21)26(32)33/h3-13H,2,15H2,1H3,(H,30,31)(H,32,33)/b19-10-. The fourth-order valence-corrected chi connectivity index (χ4v) is 3.89. The van der Waals surface area contributed by atoms with Gasteiger partial charge in [0, 0.05) is 10.2 Å². The van der Waals surface area contributed by atoms with E-state index in [1.54, 1.807) is 18.2 Å². The predicted molar refractivity (Wildman–Crippen MR) is 139 cm³/mol. The number of ether oxygens (including phenoxy) is 2. The van der Waals surface area contributed by atoms with E-state index in [1.165, 1.54) is 24.3 Å². The first-order valence-electron chi connectivity index (χ1n) is 10.4. The zero-order chi connectivity index (χ0) is 25.4. The molecule has 0 spiro atoms. The number of carbonyl (C=O) groups is 2. The van der Waals surface area contributed by atoms with Gasteiger partial charge >= 0.3 is 5.97 Å². The topological polar surface area (TPSA) is 109 Å². The quantitative estimate of drug-likeness (QED) is 0.217. The summed E-state index contributed by atoms with van der Waals surface area (Å²) in [6, 6.07) is 18.8. The number of rotatable bonds is 9. The summed E-state index contributed by atoms with van der Waals surface area (Å²) in [6.07, 6.45) is 1.42. The van der Waals surface area contributed by atoms with Crippen molar-refractivity contribution >= 4 is 55.5 Å². The third kappa shape index (κ3) is 7.18. The van der Waals surface area contributed by atoms with Crippen LogP contribution in [0, 0.1) is 11.3 Å². The summed E-state index contributed by atoms with van der Waals surface area (Å²) in [4.78, 5) is 23.8. The lowest BCUT2D eigenvalue weighted by atomic mass is 10.1. The number of carbonyl (C=O) groups excluding carboxylic acids is 1. The molecule has 3 rings (SSSR count). The number of benzene rings is 3. The van der Waals surface area contributed by atoms with Crippen LogP contribution in [0.25, 0.3) is 6.08 Å². The number of nitrogens with zero attached hydrogens (tertiary/aromatic N) is 1. The van der Waals surface area contributed by atoms with E-state index in [2.05, 4.69) is 37.2 Å². The van der Waals surface area contributed by atoms with Crippen LogP contribution in [0.2, 0.25) is 0 Å². The first kappa shape index (κ1) is 26.0. The zero-order valence-electron chi connectivity index (χ0n) is 18.5. The molecule has 0 atom stereocenters. The molecule has 178 valence electrons. The normalized spacial score (nSPS) is 10.9. The molecule has 35 heavy (non-hydrogen) atoms. The van der Waals surface area contributed by atoms with Crippen LogP contribution in [-0.4, -0.2) is 23.6 Å². The summed E-state index contributed by atoms with van der Waals surface area (Å²) in [7, 11) is 0. The highest BCUT2D eigenvalue weighted by atomic mass is 79.9. The molecule has 0 heterocycles. The smallest absolute Gasteiger partial charge is 0.335 e. The van der Waals surface area contributed by atoms with Crippen LogP contribution in [0.1, 0.15) is 28.4 Å². The summed E-state index contributed by atoms with van der Waals surface area (Å²) < 4.78 is 13.3. The highest BCUT2D eigenvalue weighted by Gasteiger charge is 2.15. The Morgan fingerprint density at radius 1 is 1.09 bits per heavy atom. The van der Waals surface area contributed by atoms with E-state index >= 15 is 0 Å². The van der Waals surface area contributed by atoms with Crippen molar-refractivity contribution in [2.24, 2.45) is 0 Å². The van der Waals surface area contributed by atoms with Crippen molar-refractivity contribution in [3.8, 4) is 17.6 Å². The summed E-state index contributed by atoms with van der Waals surface area (Å²) in [6.45, 7) is 2.55. The van der Waals surface area contributed by atoms with Gasteiger partial charge in [-0.15, -0.1) is 0 Å². The lowest BCUT2D eigenvalue weighted by Gasteiger charge is -2.15. The number of carboxylic acids is 1. The van der Waals surface area contributed by atoms with Crippen LogP contribution >= 0.6 is 31.9 Å². The van der Waals surface area contributed by atoms with E-state index in [-0.39, 0.29) is 16.8 Å². The Bertz CT molecular complexity index is 1310. The maximum atomic E-state index is 12.7. The van der Waals surface area contributed by atoms with Gasteiger partial charge in [0.25, 0.3) is 5.91 Å². The minimum absolute atomic E-state index is 0.0225. The fraction of sp³-hybridized carbons (Fsp3) is 0.115.